The monoisotopic (exact) mass is 155 g/mol. The van der Waals surface area contributed by atoms with Gasteiger partial charge in [0.1, 0.15) is 0 Å². The molecule has 0 aromatic rings. The standard InChI is InChI=1S/C9H16.CH5N/c1-3-9-6-4-8(2)5-7-9;1-2/h3,8-9H,1,4-7H2,2H3;2H2,1H3. The van der Waals surface area contributed by atoms with Gasteiger partial charge in [0.2, 0.25) is 0 Å². The fourth-order valence-electron chi connectivity index (χ4n) is 1.52. The van der Waals surface area contributed by atoms with E-state index in [1.165, 1.54) is 32.7 Å². The van der Waals surface area contributed by atoms with Gasteiger partial charge in [-0.1, -0.05) is 25.8 Å². The summed E-state index contributed by atoms with van der Waals surface area (Å²) in [6, 6.07) is 0. The molecule has 0 bridgehead atoms. The van der Waals surface area contributed by atoms with Crippen molar-refractivity contribution >= 4 is 0 Å². The summed E-state index contributed by atoms with van der Waals surface area (Å²) in [5, 5.41) is 0. The van der Waals surface area contributed by atoms with Gasteiger partial charge < -0.3 is 5.73 Å². The predicted octanol–water partition coefficient (Wildman–Crippen LogP) is 2.57. The van der Waals surface area contributed by atoms with E-state index in [4.69, 9.17) is 0 Å². The lowest BCUT2D eigenvalue weighted by Gasteiger charge is -2.23. The van der Waals surface area contributed by atoms with Crippen molar-refractivity contribution in [3.8, 4) is 0 Å². The molecule has 0 aromatic heterocycles. The van der Waals surface area contributed by atoms with E-state index < -0.39 is 0 Å². The van der Waals surface area contributed by atoms with Crippen LogP contribution >= 0.6 is 0 Å². The van der Waals surface area contributed by atoms with Gasteiger partial charge in [0.25, 0.3) is 0 Å². The van der Waals surface area contributed by atoms with Crippen LogP contribution in [0.5, 0.6) is 0 Å². The number of hydrogen-bond acceptors (Lipinski definition) is 1. The Bertz CT molecular complexity index is 91.0. The molecule has 1 aliphatic rings. The van der Waals surface area contributed by atoms with Gasteiger partial charge in [-0.3, -0.25) is 0 Å². The van der Waals surface area contributed by atoms with Gasteiger partial charge in [0.15, 0.2) is 0 Å². The Kier molecular flexibility index (Phi) is 6.24. The van der Waals surface area contributed by atoms with Crippen LogP contribution in [0.3, 0.4) is 0 Å². The van der Waals surface area contributed by atoms with Crippen LogP contribution in [0.25, 0.3) is 0 Å². The zero-order valence-corrected chi connectivity index (χ0v) is 7.84. The minimum atomic E-state index is 0.834. The lowest BCUT2D eigenvalue weighted by atomic mass is 9.83. The molecular formula is C10H21N. The Morgan fingerprint density at radius 1 is 1.18 bits per heavy atom. The van der Waals surface area contributed by atoms with Crippen molar-refractivity contribution in [2.45, 2.75) is 32.6 Å². The highest BCUT2D eigenvalue weighted by molar-refractivity contribution is 4.82. The molecule has 0 spiro atoms. The van der Waals surface area contributed by atoms with Crippen molar-refractivity contribution in [3.05, 3.63) is 12.7 Å². The molecular weight excluding hydrogens is 134 g/mol. The summed E-state index contributed by atoms with van der Waals surface area (Å²) >= 11 is 0. The van der Waals surface area contributed by atoms with Crippen molar-refractivity contribution in [3.63, 3.8) is 0 Å². The molecule has 0 atom stereocenters. The fraction of sp³-hybridized carbons (Fsp3) is 0.800. The summed E-state index contributed by atoms with van der Waals surface area (Å²) in [6.45, 7) is 6.16. The van der Waals surface area contributed by atoms with E-state index in [0.29, 0.717) is 0 Å². The first-order valence-electron chi connectivity index (χ1n) is 4.53. The van der Waals surface area contributed by atoms with Crippen LogP contribution in [0.4, 0.5) is 0 Å². The number of hydrogen-bond donors (Lipinski definition) is 1. The SMILES string of the molecule is C=CC1CCC(C)CC1.CN. The van der Waals surface area contributed by atoms with Crippen molar-refractivity contribution in [1.82, 2.24) is 0 Å². The predicted molar refractivity (Wildman–Crippen MR) is 51.4 cm³/mol. The van der Waals surface area contributed by atoms with Gasteiger partial charge in [-0.05, 0) is 31.7 Å². The van der Waals surface area contributed by atoms with Crippen molar-refractivity contribution < 1.29 is 0 Å². The topological polar surface area (TPSA) is 26.0 Å². The van der Waals surface area contributed by atoms with Gasteiger partial charge in [-0.2, -0.15) is 0 Å². The van der Waals surface area contributed by atoms with Crippen LogP contribution < -0.4 is 5.73 Å². The van der Waals surface area contributed by atoms with E-state index >= 15 is 0 Å². The second-order valence-corrected chi connectivity index (χ2v) is 3.26. The van der Waals surface area contributed by atoms with Crippen molar-refractivity contribution in [1.29, 1.82) is 0 Å². The quantitative estimate of drug-likeness (QED) is 0.579. The summed E-state index contributed by atoms with van der Waals surface area (Å²) in [4.78, 5) is 0. The van der Waals surface area contributed by atoms with Crippen LogP contribution in [-0.2, 0) is 0 Å². The third kappa shape index (κ3) is 4.20. The fourth-order valence-corrected chi connectivity index (χ4v) is 1.52. The number of nitrogens with two attached hydrogens (primary N) is 1. The molecule has 0 radical (unpaired) electrons. The average Bonchev–Trinajstić information content (AvgIpc) is 2.10. The Morgan fingerprint density at radius 3 is 2.00 bits per heavy atom. The molecule has 1 nitrogen and oxygen atoms in total. The highest BCUT2D eigenvalue weighted by Gasteiger charge is 2.14. The van der Waals surface area contributed by atoms with Crippen molar-refractivity contribution in [2.24, 2.45) is 17.6 Å². The molecule has 1 aliphatic carbocycles. The Balaban J connectivity index is 0.000000461. The largest absolute Gasteiger partial charge is 0.333 e. The van der Waals surface area contributed by atoms with Crippen LogP contribution in [0.1, 0.15) is 32.6 Å². The first kappa shape index (κ1) is 10.7. The molecule has 2 N–H and O–H groups in total. The molecule has 0 heterocycles. The Morgan fingerprint density at radius 2 is 1.64 bits per heavy atom. The lowest BCUT2D eigenvalue weighted by molar-refractivity contribution is 0.331. The van der Waals surface area contributed by atoms with E-state index in [1.54, 1.807) is 0 Å². The maximum atomic E-state index is 4.50. The maximum Gasteiger partial charge on any atom is -0.0195 e. The van der Waals surface area contributed by atoms with E-state index in [-0.39, 0.29) is 0 Å². The zero-order valence-electron chi connectivity index (χ0n) is 7.84. The zero-order chi connectivity index (χ0) is 8.69. The molecule has 0 aliphatic heterocycles. The molecule has 1 rings (SSSR count). The number of rotatable bonds is 1. The van der Waals surface area contributed by atoms with Gasteiger partial charge in [-0.15, -0.1) is 6.58 Å². The smallest absolute Gasteiger partial charge is 0.0195 e. The second-order valence-electron chi connectivity index (χ2n) is 3.26. The molecule has 0 amide bonds. The highest BCUT2D eigenvalue weighted by Crippen LogP contribution is 2.28. The van der Waals surface area contributed by atoms with Crippen LogP contribution in [0.15, 0.2) is 12.7 Å². The summed E-state index contributed by atoms with van der Waals surface area (Å²) in [6.07, 6.45) is 7.70. The second kappa shape index (κ2) is 6.41. The molecule has 1 saturated carbocycles. The minimum absolute atomic E-state index is 0.834. The average molecular weight is 155 g/mol. The normalized spacial score (nSPS) is 30.1. The molecule has 1 fully saturated rings. The minimum Gasteiger partial charge on any atom is -0.333 e. The van der Waals surface area contributed by atoms with Crippen LogP contribution in [-0.4, -0.2) is 7.05 Å². The van der Waals surface area contributed by atoms with Gasteiger partial charge >= 0.3 is 0 Å². The van der Waals surface area contributed by atoms with Gasteiger partial charge in [0, 0.05) is 0 Å². The van der Waals surface area contributed by atoms with Gasteiger partial charge in [-0.25, -0.2) is 0 Å². The summed E-state index contributed by atoms with van der Waals surface area (Å²) in [7, 11) is 1.50. The van der Waals surface area contributed by atoms with E-state index in [0.717, 1.165) is 11.8 Å². The lowest BCUT2D eigenvalue weighted by Crippen LogP contribution is -2.09. The Labute approximate surface area is 70.7 Å². The van der Waals surface area contributed by atoms with E-state index in [1.807, 2.05) is 0 Å². The molecule has 0 aromatic carbocycles. The summed E-state index contributed by atoms with van der Waals surface area (Å²) in [5.74, 6) is 1.81. The third-order valence-corrected chi connectivity index (χ3v) is 2.39. The van der Waals surface area contributed by atoms with Crippen molar-refractivity contribution in [2.75, 3.05) is 7.05 Å². The molecule has 1 heteroatoms. The van der Waals surface area contributed by atoms with E-state index in [9.17, 15) is 0 Å². The molecule has 11 heavy (non-hydrogen) atoms. The van der Waals surface area contributed by atoms with Crippen LogP contribution in [0, 0.1) is 11.8 Å². The summed E-state index contributed by atoms with van der Waals surface area (Å²) < 4.78 is 0. The molecule has 0 unspecified atom stereocenters. The molecule has 0 saturated heterocycles. The first-order valence-corrected chi connectivity index (χ1v) is 4.53. The van der Waals surface area contributed by atoms with Crippen LogP contribution in [0.2, 0.25) is 0 Å². The Hall–Kier alpha value is -0.300. The third-order valence-electron chi connectivity index (χ3n) is 2.39. The maximum absolute atomic E-state index is 4.50. The van der Waals surface area contributed by atoms with Gasteiger partial charge in [0.05, 0.1) is 0 Å². The number of allylic oxidation sites excluding steroid dienone is 1. The summed E-state index contributed by atoms with van der Waals surface area (Å²) in [5.41, 5.74) is 4.50. The molecule has 66 valence electrons. The van der Waals surface area contributed by atoms with E-state index in [2.05, 4.69) is 25.3 Å². The highest BCUT2D eigenvalue weighted by atomic mass is 14.4. The first-order chi connectivity index (χ1) is 5.33.